The minimum Gasteiger partial charge on any atom is -0.508 e. The fourth-order valence-corrected chi connectivity index (χ4v) is 3.46. The standard InChI is InChI=1S/C19H25N3O5/c20-8-17(25)21-4-3-16(24)22-9-14-5-11(1-2-15(14)23)10-27-19(26)18-12-6-13(18)7-12/h1-2,5,12-13,18,23H,3-4,6-10,20H2,(H,21,25)(H,22,24). The van der Waals surface area contributed by atoms with Crippen molar-refractivity contribution in [2.75, 3.05) is 13.1 Å². The lowest BCUT2D eigenvalue weighted by molar-refractivity contribution is -0.178. The normalized spacial score (nSPS) is 22.2. The summed E-state index contributed by atoms with van der Waals surface area (Å²) in [6.07, 6.45) is 2.42. The molecule has 0 heterocycles. The predicted octanol–water partition coefficient (Wildman–Crippen LogP) is 0.173. The van der Waals surface area contributed by atoms with E-state index in [0.717, 1.165) is 18.4 Å². The van der Waals surface area contributed by atoms with Crippen LogP contribution in [-0.4, -0.2) is 36.0 Å². The molecule has 0 aromatic heterocycles. The fourth-order valence-electron chi connectivity index (χ4n) is 3.46. The van der Waals surface area contributed by atoms with Gasteiger partial charge >= 0.3 is 5.97 Å². The first kappa shape index (κ1) is 19.2. The molecular formula is C19H25N3O5. The van der Waals surface area contributed by atoms with Gasteiger partial charge in [-0.1, -0.05) is 6.07 Å². The van der Waals surface area contributed by atoms with E-state index < -0.39 is 0 Å². The second-order valence-corrected chi connectivity index (χ2v) is 7.17. The predicted molar refractivity (Wildman–Crippen MR) is 96.1 cm³/mol. The smallest absolute Gasteiger partial charge is 0.309 e. The van der Waals surface area contributed by atoms with Crippen LogP contribution in [0.2, 0.25) is 0 Å². The van der Waals surface area contributed by atoms with Crippen LogP contribution in [-0.2, 0) is 32.3 Å². The van der Waals surface area contributed by atoms with Crippen molar-refractivity contribution in [2.45, 2.75) is 32.4 Å². The van der Waals surface area contributed by atoms with E-state index in [1.165, 1.54) is 6.07 Å². The maximum Gasteiger partial charge on any atom is 0.309 e. The molecule has 8 heteroatoms. The first-order chi connectivity index (χ1) is 13.0. The van der Waals surface area contributed by atoms with E-state index in [4.69, 9.17) is 10.5 Å². The van der Waals surface area contributed by atoms with E-state index in [9.17, 15) is 19.5 Å². The third-order valence-electron chi connectivity index (χ3n) is 5.36. The Bertz CT molecular complexity index is 722. The fraction of sp³-hybridized carbons (Fsp3) is 0.526. The molecule has 3 fully saturated rings. The first-order valence-corrected chi connectivity index (χ1v) is 9.18. The molecule has 1 aromatic carbocycles. The van der Waals surface area contributed by atoms with Crippen molar-refractivity contribution in [3.05, 3.63) is 29.3 Å². The Morgan fingerprint density at radius 3 is 2.52 bits per heavy atom. The van der Waals surface area contributed by atoms with Gasteiger partial charge in [-0.15, -0.1) is 0 Å². The van der Waals surface area contributed by atoms with E-state index >= 15 is 0 Å². The van der Waals surface area contributed by atoms with Crippen LogP contribution in [0.25, 0.3) is 0 Å². The number of amides is 2. The summed E-state index contributed by atoms with van der Waals surface area (Å²) >= 11 is 0. The van der Waals surface area contributed by atoms with Crippen LogP contribution in [0, 0.1) is 17.8 Å². The van der Waals surface area contributed by atoms with Crippen molar-refractivity contribution >= 4 is 17.8 Å². The molecule has 8 nitrogen and oxygen atoms in total. The second kappa shape index (κ2) is 8.39. The van der Waals surface area contributed by atoms with Gasteiger partial charge in [0.25, 0.3) is 0 Å². The minimum absolute atomic E-state index is 0.0575. The first-order valence-electron chi connectivity index (χ1n) is 9.18. The minimum atomic E-state index is -0.318. The molecule has 27 heavy (non-hydrogen) atoms. The molecule has 0 unspecified atom stereocenters. The average Bonchev–Trinajstić information content (AvgIpc) is 2.57. The van der Waals surface area contributed by atoms with Crippen molar-refractivity contribution in [2.24, 2.45) is 23.5 Å². The van der Waals surface area contributed by atoms with Gasteiger partial charge in [0.2, 0.25) is 11.8 Å². The average molecular weight is 375 g/mol. The number of rotatable bonds is 9. The van der Waals surface area contributed by atoms with E-state index in [1.807, 2.05) is 0 Å². The summed E-state index contributed by atoms with van der Waals surface area (Å²) in [5, 5.41) is 15.1. The van der Waals surface area contributed by atoms with E-state index in [1.54, 1.807) is 12.1 Å². The number of phenolic OH excluding ortho intramolecular Hbond substituents is 1. The quantitative estimate of drug-likeness (QED) is 0.455. The molecule has 0 aliphatic heterocycles. The highest BCUT2D eigenvalue weighted by Crippen LogP contribution is 2.58. The number of hydrogen-bond acceptors (Lipinski definition) is 6. The summed E-state index contributed by atoms with van der Waals surface area (Å²) in [6, 6.07) is 4.92. The van der Waals surface area contributed by atoms with Crippen molar-refractivity contribution < 1.29 is 24.2 Å². The summed E-state index contributed by atoms with van der Waals surface area (Å²) in [5.74, 6) is 0.466. The van der Waals surface area contributed by atoms with Crippen molar-refractivity contribution in [3.63, 3.8) is 0 Å². The van der Waals surface area contributed by atoms with Gasteiger partial charge in [0.05, 0.1) is 12.5 Å². The van der Waals surface area contributed by atoms with Crippen molar-refractivity contribution in [3.8, 4) is 5.75 Å². The molecule has 1 aromatic rings. The number of nitrogens with two attached hydrogens (primary N) is 1. The lowest BCUT2D eigenvalue weighted by atomic mass is 9.48. The Hall–Kier alpha value is -2.61. The molecule has 0 saturated heterocycles. The Kier molecular flexibility index (Phi) is 5.95. The molecule has 0 atom stereocenters. The molecule has 0 spiro atoms. The van der Waals surface area contributed by atoms with Gasteiger partial charge in [0, 0.05) is 25.1 Å². The highest BCUT2D eigenvalue weighted by Gasteiger charge is 2.56. The third kappa shape index (κ3) is 4.57. The number of nitrogens with one attached hydrogen (secondary N) is 2. The number of aromatic hydroxyl groups is 1. The van der Waals surface area contributed by atoms with Crippen LogP contribution >= 0.6 is 0 Å². The highest BCUT2D eigenvalue weighted by atomic mass is 16.5. The zero-order valence-electron chi connectivity index (χ0n) is 15.1. The molecule has 0 radical (unpaired) electrons. The van der Waals surface area contributed by atoms with Gasteiger partial charge in [-0.3, -0.25) is 14.4 Å². The summed E-state index contributed by atoms with van der Waals surface area (Å²) in [6.45, 7) is 0.382. The zero-order chi connectivity index (χ0) is 19.4. The molecule has 5 N–H and O–H groups in total. The van der Waals surface area contributed by atoms with Crippen LogP contribution in [0.5, 0.6) is 5.75 Å². The molecule has 3 aliphatic carbocycles. The van der Waals surface area contributed by atoms with Crippen LogP contribution in [0.1, 0.15) is 30.4 Å². The SMILES string of the molecule is NCC(=O)NCCC(=O)NCc1cc(COC(=O)C2C3CC2C3)ccc1O. The largest absolute Gasteiger partial charge is 0.508 e. The van der Waals surface area contributed by atoms with E-state index in [-0.39, 0.29) is 62.1 Å². The third-order valence-corrected chi connectivity index (χ3v) is 5.36. The maximum absolute atomic E-state index is 12.0. The summed E-state index contributed by atoms with van der Waals surface area (Å²) < 4.78 is 5.38. The van der Waals surface area contributed by atoms with E-state index in [2.05, 4.69) is 10.6 Å². The monoisotopic (exact) mass is 375 g/mol. The highest BCUT2D eigenvalue weighted by molar-refractivity contribution is 5.80. The molecule has 146 valence electrons. The van der Waals surface area contributed by atoms with Crippen molar-refractivity contribution in [1.29, 1.82) is 0 Å². The number of esters is 1. The van der Waals surface area contributed by atoms with Crippen LogP contribution in [0.15, 0.2) is 18.2 Å². The van der Waals surface area contributed by atoms with Crippen LogP contribution in [0.3, 0.4) is 0 Å². The lowest BCUT2D eigenvalue weighted by Crippen LogP contribution is -2.54. The molecular weight excluding hydrogens is 350 g/mol. The zero-order valence-corrected chi connectivity index (χ0v) is 15.1. The van der Waals surface area contributed by atoms with Crippen LogP contribution in [0.4, 0.5) is 0 Å². The van der Waals surface area contributed by atoms with Gasteiger partial charge in [0.1, 0.15) is 12.4 Å². The van der Waals surface area contributed by atoms with Gasteiger partial charge in [0.15, 0.2) is 0 Å². The van der Waals surface area contributed by atoms with Gasteiger partial charge < -0.3 is 26.2 Å². The van der Waals surface area contributed by atoms with Gasteiger partial charge in [-0.2, -0.15) is 0 Å². The van der Waals surface area contributed by atoms with Crippen LogP contribution < -0.4 is 16.4 Å². The number of phenols is 1. The Labute approximate surface area is 157 Å². The molecule has 3 aliphatic rings. The Morgan fingerprint density at radius 1 is 1.15 bits per heavy atom. The van der Waals surface area contributed by atoms with Gasteiger partial charge in [-0.05, 0) is 42.4 Å². The topological polar surface area (TPSA) is 131 Å². The molecule has 2 bridgehead atoms. The number of ether oxygens (including phenoxy) is 1. The second-order valence-electron chi connectivity index (χ2n) is 7.17. The van der Waals surface area contributed by atoms with Gasteiger partial charge in [-0.25, -0.2) is 0 Å². The Morgan fingerprint density at radius 2 is 1.89 bits per heavy atom. The number of benzene rings is 1. The number of carbonyl (C=O) groups excluding carboxylic acids is 3. The summed E-state index contributed by atoms with van der Waals surface area (Å²) in [4.78, 5) is 34.8. The lowest BCUT2D eigenvalue weighted by Gasteiger charge is -2.56. The molecule has 4 rings (SSSR count). The molecule has 2 amide bonds. The van der Waals surface area contributed by atoms with Crippen molar-refractivity contribution in [1.82, 2.24) is 10.6 Å². The summed E-state index contributed by atoms with van der Waals surface area (Å²) in [7, 11) is 0. The van der Waals surface area contributed by atoms with E-state index in [0.29, 0.717) is 17.4 Å². The number of carbonyl (C=O) groups is 3. The maximum atomic E-state index is 12.0. The number of hydrogen-bond donors (Lipinski definition) is 4. The summed E-state index contributed by atoms with van der Waals surface area (Å²) in [5.41, 5.74) is 6.46. The Balaban J connectivity index is 1.43. The molecule has 3 saturated carbocycles.